The lowest BCUT2D eigenvalue weighted by atomic mass is 10.0. The Balaban J connectivity index is 1.93. The summed E-state index contributed by atoms with van der Waals surface area (Å²) in [6, 6.07) is 19.4. The first-order valence-corrected chi connectivity index (χ1v) is 14.3. The van der Waals surface area contributed by atoms with Gasteiger partial charge in [-0.05, 0) is 36.8 Å². The van der Waals surface area contributed by atoms with E-state index in [9.17, 15) is 9.59 Å². The van der Waals surface area contributed by atoms with Crippen molar-refractivity contribution < 1.29 is 19.1 Å². The molecule has 0 fully saturated rings. The zero-order chi connectivity index (χ0) is 24.9. The second-order valence-corrected chi connectivity index (χ2v) is 11.7. The zero-order valence-corrected chi connectivity index (χ0v) is 22.5. The molecule has 0 unspecified atom stereocenters. The fraction of sp³-hybridized carbons (Fsp3) is 0.500. The van der Waals surface area contributed by atoms with Crippen molar-refractivity contribution in [1.29, 1.82) is 0 Å². The maximum absolute atomic E-state index is 12.4. The molecule has 0 aromatic heterocycles. The van der Waals surface area contributed by atoms with E-state index < -0.39 is 0 Å². The number of ether oxygens (including phenoxy) is 2. The highest BCUT2D eigenvalue weighted by atomic mass is 33.1. The Morgan fingerprint density at radius 1 is 0.618 bits per heavy atom. The summed E-state index contributed by atoms with van der Waals surface area (Å²) in [6.07, 6.45) is 4.11. The normalized spacial score (nSPS) is 11.8. The van der Waals surface area contributed by atoms with Crippen molar-refractivity contribution in [3.05, 3.63) is 71.8 Å². The molecule has 2 aromatic rings. The molecule has 6 heteroatoms. The zero-order valence-electron chi connectivity index (χ0n) is 20.9. The van der Waals surface area contributed by atoms with Crippen molar-refractivity contribution in [2.24, 2.45) is 0 Å². The van der Waals surface area contributed by atoms with Crippen LogP contribution >= 0.6 is 21.6 Å². The topological polar surface area (TPSA) is 52.6 Å². The molecule has 0 aliphatic carbocycles. The van der Waals surface area contributed by atoms with Gasteiger partial charge in [-0.2, -0.15) is 0 Å². The lowest BCUT2D eigenvalue weighted by Gasteiger charge is -2.36. The Morgan fingerprint density at radius 3 is 1.24 bits per heavy atom. The van der Waals surface area contributed by atoms with Crippen LogP contribution in [0.15, 0.2) is 60.7 Å². The number of hydrogen-bond acceptors (Lipinski definition) is 6. The van der Waals surface area contributed by atoms with Gasteiger partial charge >= 0.3 is 11.9 Å². The maximum atomic E-state index is 12.4. The second-order valence-electron chi connectivity index (χ2n) is 8.59. The van der Waals surface area contributed by atoms with E-state index in [1.54, 1.807) is 21.6 Å². The Hall–Kier alpha value is -1.92. The van der Waals surface area contributed by atoms with Gasteiger partial charge in [0.25, 0.3) is 0 Å². The summed E-state index contributed by atoms with van der Waals surface area (Å²) >= 11 is 0. The first-order valence-electron chi connectivity index (χ1n) is 12.2. The van der Waals surface area contributed by atoms with Crippen molar-refractivity contribution in [2.75, 3.05) is 13.2 Å². The van der Waals surface area contributed by atoms with Gasteiger partial charge in [-0.25, -0.2) is 0 Å². The summed E-state index contributed by atoms with van der Waals surface area (Å²) in [5.74, 6) is -0.398. The minimum Gasteiger partial charge on any atom is -0.464 e. The van der Waals surface area contributed by atoms with Gasteiger partial charge in [0.15, 0.2) is 0 Å². The molecule has 0 spiro atoms. The monoisotopic (exact) mass is 502 g/mol. The third-order valence-electron chi connectivity index (χ3n) is 6.35. The van der Waals surface area contributed by atoms with Gasteiger partial charge in [0.2, 0.25) is 0 Å². The van der Waals surface area contributed by atoms with Crippen LogP contribution in [0.3, 0.4) is 0 Å². The molecule has 0 amide bonds. The molecular weight excluding hydrogens is 464 g/mol. The van der Waals surface area contributed by atoms with Crippen LogP contribution in [0, 0.1) is 0 Å². The van der Waals surface area contributed by atoms with Gasteiger partial charge in [-0.15, -0.1) is 0 Å². The second kappa shape index (κ2) is 14.5. The standard InChI is InChI=1S/C28H38O4S2/c1-5-27(6-2,21-31-25(29)19-23-15-11-9-12-16-23)33-34-28(7-3,8-4)22-32-26(30)20-24-17-13-10-14-18-24/h9-18H,5-8,19-22H2,1-4H3. The molecule has 2 aromatic carbocycles. The Bertz CT molecular complexity index is 789. The molecule has 0 saturated heterocycles. The lowest BCUT2D eigenvalue weighted by Crippen LogP contribution is -2.34. The summed E-state index contributed by atoms with van der Waals surface area (Å²) in [6.45, 7) is 9.31. The molecule has 0 bridgehead atoms. The fourth-order valence-corrected chi connectivity index (χ4v) is 7.22. The highest BCUT2D eigenvalue weighted by Gasteiger charge is 2.36. The largest absolute Gasteiger partial charge is 0.464 e. The average Bonchev–Trinajstić information content (AvgIpc) is 2.88. The molecule has 2 rings (SSSR count). The highest BCUT2D eigenvalue weighted by Crippen LogP contribution is 2.50. The highest BCUT2D eigenvalue weighted by molar-refractivity contribution is 8.77. The van der Waals surface area contributed by atoms with Crippen LogP contribution in [0.2, 0.25) is 0 Å². The molecule has 4 nitrogen and oxygen atoms in total. The van der Waals surface area contributed by atoms with Crippen LogP contribution in [-0.2, 0) is 31.9 Å². The summed E-state index contributed by atoms with van der Waals surface area (Å²) in [7, 11) is 3.55. The number of benzene rings is 2. The predicted molar refractivity (Wildman–Crippen MR) is 144 cm³/mol. The summed E-state index contributed by atoms with van der Waals surface area (Å²) < 4.78 is 11.1. The quantitative estimate of drug-likeness (QED) is 0.192. The molecule has 0 radical (unpaired) electrons. The molecule has 0 aliphatic rings. The van der Waals surface area contributed by atoms with E-state index in [0.29, 0.717) is 13.2 Å². The molecule has 0 atom stereocenters. The summed E-state index contributed by atoms with van der Waals surface area (Å²) in [4.78, 5) is 24.9. The van der Waals surface area contributed by atoms with Crippen LogP contribution in [-0.4, -0.2) is 34.6 Å². The van der Waals surface area contributed by atoms with Crippen molar-refractivity contribution in [3.8, 4) is 0 Å². The third-order valence-corrected chi connectivity index (χ3v) is 10.9. The van der Waals surface area contributed by atoms with Gasteiger partial charge in [0.1, 0.15) is 13.2 Å². The van der Waals surface area contributed by atoms with Gasteiger partial charge in [0.05, 0.1) is 22.3 Å². The number of hydrogen-bond donors (Lipinski definition) is 0. The van der Waals surface area contributed by atoms with Crippen LogP contribution in [0.25, 0.3) is 0 Å². The van der Waals surface area contributed by atoms with E-state index in [2.05, 4.69) is 27.7 Å². The average molecular weight is 503 g/mol. The number of esters is 2. The van der Waals surface area contributed by atoms with E-state index in [-0.39, 0.29) is 34.3 Å². The summed E-state index contributed by atoms with van der Waals surface area (Å²) in [5.41, 5.74) is 1.92. The lowest BCUT2D eigenvalue weighted by molar-refractivity contribution is -0.144. The maximum Gasteiger partial charge on any atom is 0.310 e. The van der Waals surface area contributed by atoms with Crippen LogP contribution in [0.5, 0.6) is 0 Å². The van der Waals surface area contributed by atoms with Gasteiger partial charge < -0.3 is 9.47 Å². The van der Waals surface area contributed by atoms with E-state index in [4.69, 9.17) is 9.47 Å². The molecule has 0 heterocycles. The first-order chi connectivity index (χ1) is 16.4. The van der Waals surface area contributed by atoms with Crippen molar-refractivity contribution in [1.82, 2.24) is 0 Å². The number of rotatable bonds is 15. The van der Waals surface area contributed by atoms with Gasteiger partial charge in [0, 0.05) is 0 Å². The molecule has 0 saturated carbocycles. The van der Waals surface area contributed by atoms with Crippen molar-refractivity contribution in [2.45, 2.75) is 75.7 Å². The smallest absolute Gasteiger partial charge is 0.310 e. The van der Waals surface area contributed by atoms with E-state index >= 15 is 0 Å². The Kier molecular flexibility index (Phi) is 12.1. The molecular formula is C28H38O4S2. The fourth-order valence-electron chi connectivity index (χ4n) is 3.42. The van der Waals surface area contributed by atoms with Crippen LogP contribution < -0.4 is 0 Å². The third kappa shape index (κ3) is 9.03. The molecule has 186 valence electrons. The summed E-state index contributed by atoms with van der Waals surface area (Å²) in [5, 5.41) is 0. The first kappa shape index (κ1) is 28.3. The predicted octanol–water partition coefficient (Wildman–Crippen LogP) is 7.06. The minimum absolute atomic E-state index is 0.180. The minimum atomic E-state index is -0.199. The van der Waals surface area contributed by atoms with Crippen molar-refractivity contribution in [3.63, 3.8) is 0 Å². The van der Waals surface area contributed by atoms with Crippen LogP contribution in [0.4, 0.5) is 0 Å². The van der Waals surface area contributed by atoms with Crippen molar-refractivity contribution >= 4 is 33.5 Å². The van der Waals surface area contributed by atoms with E-state index in [1.165, 1.54) is 0 Å². The van der Waals surface area contributed by atoms with Gasteiger partial charge in [-0.1, -0.05) is 110 Å². The van der Waals surface area contributed by atoms with Gasteiger partial charge in [-0.3, -0.25) is 9.59 Å². The SMILES string of the molecule is CCC(CC)(COC(=O)Cc1ccccc1)SSC(CC)(CC)COC(=O)Cc1ccccc1. The van der Waals surface area contributed by atoms with E-state index in [1.807, 2.05) is 60.7 Å². The van der Waals surface area contributed by atoms with Crippen LogP contribution in [0.1, 0.15) is 64.5 Å². The molecule has 0 N–H and O–H groups in total. The number of carbonyl (C=O) groups is 2. The van der Waals surface area contributed by atoms with E-state index in [0.717, 1.165) is 36.8 Å². The number of carbonyl (C=O) groups excluding carboxylic acids is 2. The Morgan fingerprint density at radius 2 is 0.941 bits per heavy atom. The molecule has 0 aliphatic heterocycles. The Labute approximate surface area is 213 Å². The molecule has 34 heavy (non-hydrogen) atoms.